The molecule has 5 heteroatoms. The molecule has 2 aromatic carbocycles. The van der Waals surface area contributed by atoms with Crippen LogP contribution in [-0.2, 0) is 0 Å². The molecule has 1 atom stereocenters. The SMILES string of the molecule is NNC(c1cccc(F)c1)c1cc(I)ccc1Br. The van der Waals surface area contributed by atoms with Crippen LogP contribution in [0.1, 0.15) is 17.2 Å². The van der Waals surface area contributed by atoms with Gasteiger partial charge in [-0.3, -0.25) is 5.84 Å². The minimum absolute atomic E-state index is 0.246. The molecule has 0 fully saturated rings. The molecule has 0 aliphatic rings. The predicted molar refractivity (Wildman–Crippen MR) is 82.4 cm³/mol. The molecule has 94 valence electrons. The van der Waals surface area contributed by atoms with Crippen LogP contribution >= 0.6 is 38.5 Å². The first-order valence-electron chi connectivity index (χ1n) is 5.28. The summed E-state index contributed by atoms with van der Waals surface area (Å²) in [4.78, 5) is 0. The second-order valence-electron chi connectivity index (χ2n) is 3.82. The first-order chi connectivity index (χ1) is 8.61. The normalized spacial score (nSPS) is 12.4. The number of hydrogen-bond acceptors (Lipinski definition) is 2. The minimum atomic E-state index is -0.269. The summed E-state index contributed by atoms with van der Waals surface area (Å²) < 4.78 is 15.3. The largest absolute Gasteiger partial charge is 0.271 e. The van der Waals surface area contributed by atoms with E-state index in [1.165, 1.54) is 12.1 Å². The zero-order chi connectivity index (χ0) is 13.1. The van der Waals surface area contributed by atoms with Gasteiger partial charge in [-0.15, -0.1) is 0 Å². The number of nitrogens with two attached hydrogens (primary N) is 1. The molecule has 18 heavy (non-hydrogen) atoms. The van der Waals surface area contributed by atoms with Gasteiger partial charge < -0.3 is 0 Å². The van der Waals surface area contributed by atoms with Gasteiger partial charge in [0.25, 0.3) is 0 Å². The summed E-state index contributed by atoms with van der Waals surface area (Å²) in [5, 5.41) is 0. The number of nitrogens with one attached hydrogen (secondary N) is 1. The molecule has 0 saturated heterocycles. The number of benzene rings is 2. The fraction of sp³-hybridized carbons (Fsp3) is 0.0769. The Morgan fingerprint density at radius 2 is 2.00 bits per heavy atom. The zero-order valence-electron chi connectivity index (χ0n) is 9.33. The number of rotatable bonds is 3. The number of hydrogen-bond donors (Lipinski definition) is 2. The molecule has 0 bridgehead atoms. The third-order valence-electron chi connectivity index (χ3n) is 2.62. The average molecular weight is 421 g/mol. The highest BCUT2D eigenvalue weighted by atomic mass is 127. The van der Waals surface area contributed by atoms with Gasteiger partial charge in [-0.05, 0) is 64.0 Å². The Hall–Kier alpha value is -0.500. The average Bonchev–Trinajstić information content (AvgIpc) is 2.35. The molecule has 2 aromatic rings. The zero-order valence-corrected chi connectivity index (χ0v) is 13.1. The van der Waals surface area contributed by atoms with E-state index in [1.54, 1.807) is 6.07 Å². The van der Waals surface area contributed by atoms with Crippen molar-refractivity contribution in [3.8, 4) is 0 Å². The molecule has 2 rings (SSSR count). The molecule has 0 saturated carbocycles. The van der Waals surface area contributed by atoms with E-state index in [0.717, 1.165) is 19.2 Å². The van der Waals surface area contributed by atoms with Crippen LogP contribution in [0.15, 0.2) is 46.9 Å². The molecule has 3 N–H and O–H groups in total. The van der Waals surface area contributed by atoms with Crippen molar-refractivity contribution in [1.82, 2.24) is 5.43 Å². The third-order valence-corrected chi connectivity index (χ3v) is 4.01. The lowest BCUT2D eigenvalue weighted by atomic mass is 9.99. The third kappa shape index (κ3) is 3.09. The van der Waals surface area contributed by atoms with E-state index in [2.05, 4.69) is 43.9 Å². The summed E-state index contributed by atoms with van der Waals surface area (Å²) in [5.74, 6) is 5.34. The van der Waals surface area contributed by atoms with E-state index in [4.69, 9.17) is 5.84 Å². The highest BCUT2D eigenvalue weighted by molar-refractivity contribution is 14.1. The topological polar surface area (TPSA) is 38.0 Å². The molecule has 0 aliphatic heterocycles. The molecule has 0 spiro atoms. The van der Waals surface area contributed by atoms with Gasteiger partial charge in [0.05, 0.1) is 6.04 Å². The van der Waals surface area contributed by atoms with Crippen molar-refractivity contribution in [2.75, 3.05) is 0 Å². The van der Waals surface area contributed by atoms with Crippen LogP contribution in [0.3, 0.4) is 0 Å². The first-order valence-corrected chi connectivity index (χ1v) is 7.15. The van der Waals surface area contributed by atoms with E-state index in [0.29, 0.717) is 0 Å². The van der Waals surface area contributed by atoms with Crippen LogP contribution < -0.4 is 11.3 Å². The molecule has 2 nitrogen and oxygen atoms in total. The van der Waals surface area contributed by atoms with Crippen molar-refractivity contribution in [3.05, 3.63) is 67.5 Å². The Balaban J connectivity index is 2.48. The van der Waals surface area contributed by atoms with Crippen molar-refractivity contribution in [2.24, 2.45) is 5.84 Å². The molecule has 0 aliphatic carbocycles. The van der Waals surface area contributed by atoms with Gasteiger partial charge in [0.1, 0.15) is 5.82 Å². The quantitative estimate of drug-likeness (QED) is 0.451. The Morgan fingerprint density at radius 3 is 2.67 bits per heavy atom. The Kier molecular flexibility index (Phi) is 4.71. The highest BCUT2D eigenvalue weighted by Gasteiger charge is 2.16. The van der Waals surface area contributed by atoms with Gasteiger partial charge in [0.15, 0.2) is 0 Å². The van der Waals surface area contributed by atoms with Crippen molar-refractivity contribution in [3.63, 3.8) is 0 Å². The summed E-state index contributed by atoms with van der Waals surface area (Å²) in [6, 6.07) is 12.1. The smallest absolute Gasteiger partial charge is 0.123 e. The van der Waals surface area contributed by atoms with Crippen molar-refractivity contribution in [1.29, 1.82) is 0 Å². The molecule has 0 amide bonds. The Labute approximate surface area is 127 Å². The predicted octanol–water partition coefficient (Wildman–Crippen LogP) is 3.75. The lowest BCUT2D eigenvalue weighted by Gasteiger charge is -2.18. The monoisotopic (exact) mass is 420 g/mol. The minimum Gasteiger partial charge on any atom is -0.271 e. The Bertz CT molecular complexity index is 562. The van der Waals surface area contributed by atoms with E-state index in [-0.39, 0.29) is 11.9 Å². The second kappa shape index (κ2) is 6.10. The highest BCUT2D eigenvalue weighted by Crippen LogP contribution is 2.29. The van der Waals surface area contributed by atoms with Crippen LogP contribution in [0, 0.1) is 9.39 Å². The Morgan fingerprint density at radius 1 is 1.22 bits per heavy atom. The maximum absolute atomic E-state index is 13.3. The lowest BCUT2D eigenvalue weighted by Crippen LogP contribution is -2.29. The molecule has 0 heterocycles. The lowest BCUT2D eigenvalue weighted by molar-refractivity contribution is 0.604. The molecular formula is C13H11BrFIN2. The fourth-order valence-corrected chi connectivity index (χ4v) is 2.78. The van der Waals surface area contributed by atoms with Crippen LogP contribution in [0.25, 0.3) is 0 Å². The summed E-state index contributed by atoms with van der Waals surface area (Å²) in [6.45, 7) is 0. The van der Waals surface area contributed by atoms with Gasteiger partial charge >= 0.3 is 0 Å². The van der Waals surface area contributed by atoms with Crippen LogP contribution in [0.4, 0.5) is 4.39 Å². The van der Waals surface area contributed by atoms with Gasteiger partial charge in [-0.1, -0.05) is 28.1 Å². The van der Waals surface area contributed by atoms with Gasteiger partial charge in [0.2, 0.25) is 0 Å². The van der Waals surface area contributed by atoms with Crippen molar-refractivity contribution < 1.29 is 4.39 Å². The van der Waals surface area contributed by atoms with Crippen LogP contribution in [-0.4, -0.2) is 0 Å². The standard InChI is InChI=1S/C13H11BrFIN2/c14-12-5-4-10(16)7-11(12)13(18-17)8-2-1-3-9(15)6-8/h1-7,13,18H,17H2. The fourth-order valence-electron chi connectivity index (χ4n) is 1.79. The van der Waals surface area contributed by atoms with Crippen LogP contribution in [0.2, 0.25) is 0 Å². The number of halogens is 3. The summed E-state index contributed by atoms with van der Waals surface area (Å²) in [5.41, 5.74) is 4.50. The first kappa shape index (κ1) is 13.9. The molecular weight excluding hydrogens is 410 g/mol. The van der Waals surface area contributed by atoms with Gasteiger partial charge in [-0.25, -0.2) is 9.82 Å². The number of hydrazine groups is 1. The summed E-state index contributed by atoms with van der Waals surface area (Å²) in [7, 11) is 0. The van der Waals surface area contributed by atoms with E-state index in [1.807, 2.05) is 24.3 Å². The maximum atomic E-state index is 13.3. The molecule has 1 unspecified atom stereocenters. The van der Waals surface area contributed by atoms with Crippen molar-refractivity contribution >= 4 is 38.5 Å². The molecule has 0 aromatic heterocycles. The van der Waals surface area contributed by atoms with Crippen LogP contribution in [0.5, 0.6) is 0 Å². The van der Waals surface area contributed by atoms with Crippen molar-refractivity contribution in [2.45, 2.75) is 6.04 Å². The second-order valence-corrected chi connectivity index (χ2v) is 5.92. The maximum Gasteiger partial charge on any atom is 0.123 e. The molecule has 0 radical (unpaired) electrons. The van der Waals surface area contributed by atoms with E-state index < -0.39 is 0 Å². The summed E-state index contributed by atoms with van der Waals surface area (Å²) >= 11 is 5.73. The van der Waals surface area contributed by atoms with E-state index >= 15 is 0 Å². The van der Waals surface area contributed by atoms with E-state index in [9.17, 15) is 4.39 Å². The van der Waals surface area contributed by atoms with Gasteiger partial charge in [-0.2, -0.15) is 0 Å². The summed E-state index contributed by atoms with van der Waals surface area (Å²) in [6.07, 6.45) is 0. The van der Waals surface area contributed by atoms with Gasteiger partial charge in [0, 0.05) is 8.04 Å².